The molecule has 0 bridgehead atoms. The fraction of sp³-hybridized carbons (Fsp3) is 0.412. The summed E-state index contributed by atoms with van der Waals surface area (Å²) in [5.41, 5.74) is 0.875. The van der Waals surface area contributed by atoms with Crippen LogP contribution in [0.25, 0.3) is 11.4 Å². The number of nitrogens with one attached hydrogen (secondary N) is 1. The molecule has 0 amide bonds. The van der Waals surface area contributed by atoms with E-state index in [1.165, 1.54) is 6.08 Å². The zero-order valence-corrected chi connectivity index (χ0v) is 14.3. The first-order valence-corrected chi connectivity index (χ1v) is 7.95. The maximum absolute atomic E-state index is 14.5. The Morgan fingerprint density at radius 1 is 1.25 bits per heavy atom. The minimum atomic E-state index is -0.972. The van der Waals surface area contributed by atoms with Gasteiger partial charge in [-0.2, -0.15) is 5.10 Å². The average Bonchev–Trinajstić information content (AvgIpc) is 3.08. The maximum atomic E-state index is 14.5. The lowest BCUT2D eigenvalue weighted by atomic mass is 9.87. The molecule has 24 heavy (non-hydrogen) atoms. The summed E-state index contributed by atoms with van der Waals surface area (Å²) in [7, 11) is -0.972. The third-order valence-corrected chi connectivity index (χ3v) is 4.63. The first kappa shape index (κ1) is 16.9. The number of allylic oxidation sites excluding steroid dienone is 1. The first-order chi connectivity index (χ1) is 11.3. The molecule has 0 unspecified atom stereocenters. The van der Waals surface area contributed by atoms with Crippen molar-refractivity contribution in [1.29, 1.82) is 0 Å². The number of halogens is 1. The minimum absolute atomic E-state index is 0.373. The Hall–Kier alpha value is -1.99. The lowest BCUT2D eigenvalue weighted by Gasteiger charge is -2.32. The smallest absolute Gasteiger partial charge is 0.398 e. The molecular weight excluding hydrogens is 308 g/mol. The Morgan fingerprint density at radius 2 is 1.96 bits per heavy atom. The molecule has 5 nitrogen and oxygen atoms in total. The van der Waals surface area contributed by atoms with Crippen LogP contribution in [0.1, 0.15) is 33.3 Å². The van der Waals surface area contributed by atoms with Gasteiger partial charge in [-0.3, -0.25) is 10.1 Å². The number of aromatic nitrogens is 3. The van der Waals surface area contributed by atoms with E-state index in [0.717, 1.165) is 17.0 Å². The van der Waals surface area contributed by atoms with Gasteiger partial charge < -0.3 is 9.31 Å². The Kier molecular flexibility index (Phi) is 4.32. The topological polar surface area (TPSA) is 60.0 Å². The zero-order chi connectivity index (χ0) is 17.4. The van der Waals surface area contributed by atoms with E-state index in [4.69, 9.17) is 9.31 Å². The number of hydrogen-bond acceptors (Lipinski definition) is 4. The van der Waals surface area contributed by atoms with Crippen LogP contribution in [-0.2, 0) is 15.7 Å². The third kappa shape index (κ3) is 3.14. The van der Waals surface area contributed by atoms with E-state index in [0.29, 0.717) is 6.42 Å². The van der Waals surface area contributed by atoms with Crippen molar-refractivity contribution in [3.63, 3.8) is 0 Å². The summed E-state index contributed by atoms with van der Waals surface area (Å²) < 4.78 is 25.9. The number of H-pyrrole nitrogens is 1. The van der Waals surface area contributed by atoms with Crippen molar-refractivity contribution in [1.82, 2.24) is 15.2 Å². The van der Waals surface area contributed by atoms with Crippen LogP contribution in [0.4, 0.5) is 4.39 Å². The molecule has 0 saturated carbocycles. The highest BCUT2D eigenvalue weighted by Crippen LogP contribution is 2.38. The summed E-state index contributed by atoms with van der Waals surface area (Å²) in [4.78, 5) is 4.29. The van der Waals surface area contributed by atoms with Gasteiger partial charge in [0, 0.05) is 11.8 Å². The predicted octanol–water partition coefficient (Wildman–Crippen LogP) is 3.50. The van der Waals surface area contributed by atoms with E-state index >= 15 is 0 Å². The summed E-state index contributed by atoms with van der Waals surface area (Å²) in [6, 6.07) is 5.62. The van der Waals surface area contributed by atoms with Crippen LogP contribution in [-0.4, -0.2) is 33.5 Å². The van der Waals surface area contributed by atoms with Crippen molar-refractivity contribution in [2.45, 2.75) is 45.3 Å². The number of pyridine rings is 1. The van der Waals surface area contributed by atoms with Gasteiger partial charge in [-0.05, 0) is 46.2 Å². The molecule has 2 aromatic rings. The number of hydrogen-bond donors (Lipinski definition) is 1. The van der Waals surface area contributed by atoms with Gasteiger partial charge in [0.2, 0.25) is 0 Å². The zero-order valence-electron chi connectivity index (χ0n) is 14.3. The summed E-state index contributed by atoms with van der Waals surface area (Å²) in [6.07, 6.45) is 5.23. The normalized spacial score (nSPS) is 19.7. The van der Waals surface area contributed by atoms with E-state index in [9.17, 15) is 4.39 Å². The van der Waals surface area contributed by atoms with Crippen molar-refractivity contribution >= 4 is 7.12 Å². The number of aromatic amines is 1. The molecule has 3 heterocycles. The predicted molar refractivity (Wildman–Crippen MR) is 90.8 cm³/mol. The van der Waals surface area contributed by atoms with Crippen LogP contribution < -0.4 is 0 Å². The monoisotopic (exact) mass is 329 g/mol. The van der Waals surface area contributed by atoms with E-state index in [-0.39, 0.29) is 0 Å². The van der Waals surface area contributed by atoms with Crippen LogP contribution in [0.3, 0.4) is 0 Å². The molecule has 1 fully saturated rings. The van der Waals surface area contributed by atoms with Gasteiger partial charge in [0.1, 0.15) is 5.73 Å². The summed E-state index contributed by atoms with van der Waals surface area (Å²) in [5.74, 6) is 0. The van der Waals surface area contributed by atoms with E-state index < -0.39 is 24.0 Å². The van der Waals surface area contributed by atoms with Crippen molar-refractivity contribution in [3.8, 4) is 11.4 Å². The van der Waals surface area contributed by atoms with Crippen molar-refractivity contribution in [2.24, 2.45) is 0 Å². The Balaban J connectivity index is 1.75. The molecule has 3 rings (SSSR count). The van der Waals surface area contributed by atoms with Gasteiger partial charge in [0.25, 0.3) is 0 Å². The standard InChI is InChI=1S/C17H21BFN3O2/c1-16(2)17(3,4)24-18(23-16)14(19)9-8-12-11-21-22-15(12)13-7-5-6-10-20-13/h5-7,9-11H,8H2,1-4H3,(H,21,22). The van der Waals surface area contributed by atoms with Gasteiger partial charge in [-0.1, -0.05) is 12.1 Å². The number of rotatable bonds is 4. The van der Waals surface area contributed by atoms with Crippen LogP contribution >= 0.6 is 0 Å². The Bertz CT molecular complexity index is 727. The molecule has 0 atom stereocenters. The molecule has 1 aliphatic rings. The quantitative estimate of drug-likeness (QED) is 0.872. The molecular formula is C17H21BFN3O2. The molecule has 0 aliphatic carbocycles. The molecule has 1 saturated heterocycles. The summed E-state index contributed by atoms with van der Waals surface area (Å²) in [5, 5.41) is 6.96. The second kappa shape index (κ2) is 6.14. The van der Waals surface area contributed by atoms with E-state index in [2.05, 4.69) is 15.2 Å². The van der Waals surface area contributed by atoms with Gasteiger partial charge in [-0.15, -0.1) is 0 Å². The van der Waals surface area contributed by atoms with E-state index in [1.54, 1.807) is 12.4 Å². The minimum Gasteiger partial charge on any atom is -0.398 e. The van der Waals surface area contributed by atoms with Crippen molar-refractivity contribution < 1.29 is 13.7 Å². The molecule has 0 spiro atoms. The maximum Gasteiger partial charge on any atom is 0.524 e. The molecule has 126 valence electrons. The lowest BCUT2D eigenvalue weighted by Crippen LogP contribution is -2.41. The SMILES string of the molecule is CC1(C)OB(C(F)=CCc2cn[nH]c2-c2ccccn2)OC1(C)C. The van der Waals surface area contributed by atoms with Crippen LogP contribution in [0.15, 0.2) is 42.4 Å². The molecule has 1 aliphatic heterocycles. The summed E-state index contributed by atoms with van der Waals surface area (Å²) >= 11 is 0. The van der Waals surface area contributed by atoms with Crippen molar-refractivity contribution in [3.05, 3.63) is 48.0 Å². The van der Waals surface area contributed by atoms with Gasteiger partial charge in [0.05, 0.1) is 28.8 Å². The lowest BCUT2D eigenvalue weighted by molar-refractivity contribution is 0.00578. The largest absolute Gasteiger partial charge is 0.524 e. The highest BCUT2D eigenvalue weighted by molar-refractivity contribution is 6.53. The Labute approximate surface area is 141 Å². The second-order valence-corrected chi connectivity index (χ2v) is 6.87. The molecule has 2 aromatic heterocycles. The average molecular weight is 329 g/mol. The Morgan fingerprint density at radius 3 is 2.58 bits per heavy atom. The summed E-state index contributed by atoms with van der Waals surface area (Å²) in [6.45, 7) is 7.59. The fourth-order valence-corrected chi connectivity index (χ4v) is 2.46. The number of nitrogens with zero attached hydrogens (tertiary/aromatic N) is 2. The van der Waals surface area contributed by atoms with Crippen LogP contribution in [0, 0.1) is 0 Å². The van der Waals surface area contributed by atoms with Gasteiger partial charge >= 0.3 is 7.12 Å². The van der Waals surface area contributed by atoms with Crippen molar-refractivity contribution in [2.75, 3.05) is 0 Å². The van der Waals surface area contributed by atoms with Gasteiger partial charge in [0.15, 0.2) is 0 Å². The second-order valence-electron chi connectivity index (χ2n) is 6.87. The molecule has 1 N–H and O–H groups in total. The van der Waals surface area contributed by atoms with E-state index in [1.807, 2.05) is 45.9 Å². The first-order valence-electron chi connectivity index (χ1n) is 7.95. The molecule has 7 heteroatoms. The third-order valence-electron chi connectivity index (χ3n) is 4.63. The fourth-order valence-electron chi connectivity index (χ4n) is 2.46. The van der Waals surface area contributed by atoms with Crippen LogP contribution in [0.2, 0.25) is 0 Å². The molecule has 0 radical (unpaired) electrons. The highest BCUT2D eigenvalue weighted by Gasteiger charge is 2.52. The van der Waals surface area contributed by atoms with Crippen LogP contribution in [0.5, 0.6) is 0 Å². The van der Waals surface area contributed by atoms with Gasteiger partial charge in [-0.25, -0.2) is 4.39 Å². The molecule has 0 aromatic carbocycles. The highest BCUT2D eigenvalue weighted by atomic mass is 19.1.